The molecule has 1 atom stereocenters. The first-order valence-electron chi connectivity index (χ1n) is 6.34. The van der Waals surface area contributed by atoms with E-state index in [-0.39, 0.29) is 0 Å². The maximum atomic E-state index is 10.4. The highest BCUT2D eigenvalue weighted by Gasteiger charge is 2.20. The van der Waals surface area contributed by atoms with Crippen molar-refractivity contribution >= 4 is 15.9 Å². The standard InChI is InChI=1S/C13H19BrN4O/c1-5-18-11(13(14)8(2)16-18)6-12(19)10-7-15-17(4)9(10)3/h7,12,19H,5-6H2,1-4H3. The topological polar surface area (TPSA) is 55.9 Å². The molecule has 0 spiro atoms. The Labute approximate surface area is 121 Å². The van der Waals surface area contributed by atoms with Gasteiger partial charge < -0.3 is 5.11 Å². The van der Waals surface area contributed by atoms with Crippen molar-refractivity contribution in [2.45, 2.75) is 39.8 Å². The third kappa shape index (κ3) is 2.60. The average Bonchev–Trinajstić information content (AvgIpc) is 2.84. The van der Waals surface area contributed by atoms with E-state index < -0.39 is 6.10 Å². The molecule has 2 aromatic rings. The van der Waals surface area contributed by atoms with Crippen LogP contribution in [0.1, 0.15) is 35.7 Å². The van der Waals surface area contributed by atoms with Crippen LogP contribution in [0.5, 0.6) is 0 Å². The third-order valence-electron chi connectivity index (χ3n) is 3.47. The van der Waals surface area contributed by atoms with Gasteiger partial charge in [-0.25, -0.2) is 0 Å². The van der Waals surface area contributed by atoms with E-state index in [0.717, 1.165) is 33.7 Å². The minimum absolute atomic E-state index is 0.530. The monoisotopic (exact) mass is 326 g/mol. The van der Waals surface area contributed by atoms with Gasteiger partial charge in [-0.15, -0.1) is 0 Å². The zero-order valence-corrected chi connectivity index (χ0v) is 13.3. The molecule has 1 N–H and O–H groups in total. The molecule has 0 saturated carbocycles. The highest BCUT2D eigenvalue weighted by Crippen LogP contribution is 2.27. The molecule has 0 aliphatic heterocycles. The highest BCUT2D eigenvalue weighted by atomic mass is 79.9. The van der Waals surface area contributed by atoms with Gasteiger partial charge in [0, 0.05) is 31.3 Å². The molecule has 5 nitrogen and oxygen atoms in total. The first-order chi connectivity index (χ1) is 8.95. The average molecular weight is 327 g/mol. The molecule has 2 heterocycles. The lowest BCUT2D eigenvalue weighted by atomic mass is 10.1. The van der Waals surface area contributed by atoms with Crippen molar-refractivity contribution in [3.63, 3.8) is 0 Å². The molecule has 2 aromatic heterocycles. The van der Waals surface area contributed by atoms with E-state index in [1.807, 2.05) is 32.5 Å². The van der Waals surface area contributed by atoms with E-state index in [1.54, 1.807) is 10.9 Å². The predicted molar refractivity (Wildman–Crippen MR) is 76.9 cm³/mol. The summed E-state index contributed by atoms with van der Waals surface area (Å²) in [6, 6.07) is 0. The molecule has 0 amide bonds. The zero-order valence-electron chi connectivity index (χ0n) is 11.7. The van der Waals surface area contributed by atoms with Gasteiger partial charge in [0.15, 0.2) is 0 Å². The van der Waals surface area contributed by atoms with E-state index in [0.29, 0.717) is 6.42 Å². The fourth-order valence-electron chi connectivity index (χ4n) is 2.20. The second kappa shape index (κ2) is 5.46. The highest BCUT2D eigenvalue weighted by molar-refractivity contribution is 9.10. The van der Waals surface area contributed by atoms with Crippen molar-refractivity contribution in [2.75, 3.05) is 0 Å². The van der Waals surface area contributed by atoms with Crippen molar-refractivity contribution in [1.82, 2.24) is 19.6 Å². The molecule has 0 fully saturated rings. The quantitative estimate of drug-likeness (QED) is 0.937. The molecule has 0 aliphatic carbocycles. The van der Waals surface area contributed by atoms with Crippen LogP contribution in [0.4, 0.5) is 0 Å². The van der Waals surface area contributed by atoms with Crippen LogP contribution in [0.25, 0.3) is 0 Å². The molecule has 2 rings (SSSR count). The lowest BCUT2D eigenvalue weighted by Crippen LogP contribution is -2.09. The number of aromatic nitrogens is 4. The van der Waals surface area contributed by atoms with Gasteiger partial charge in [0.2, 0.25) is 0 Å². The van der Waals surface area contributed by atoms with E-state index in [2.05, 4.69) is 26.1 Å². The lowest BCUT2D eigenvalue weighted by Gasteiger charge is -2.12. The van der Waals surface area contributed by atoms with Gasteiger partial charge in [-0.1, -0.05) is 0 Å². The Morgan fingerprint density at radius 2 is 2.11 bits per heavy atom. The Morgan fingerprint density at radius 3 is 2.63 bits per heavy atom. The van der Waals surface area contributed by atoms with Gasteiger partial charge in [-0.05, 0) is 36.7 Å². The summed E-state index contributed by atoms with van der Waals surface area (Å²) in [5.41, 5.74) is 3.83. The van der Waals surface area contributed by atoms with E-state index in [9.17, 15) is 5.11 Å². The molecule has 6 heteroatoms. The Balaban J connectivity index is 2.28. The van der Waals surface area contributed by atoms with Crippen LogP contribution >= 0.6 is 15.9 Å². The van der Waals surface area contributed by atoms with Crippen LogP contribution < -0.4 is 0 Å². The van der Waals surface area contributed by atoms with Crippen LogP contribution in [-0.4, -0.2) is 24.7 Å². The van der Waals surface area contributed by atoms with Gasteiger partial charge in [0.25, 0.3) is 0 Å². The number of hydrogen-bond acceptors (Lipinski definition) is 3. The molecule has 0 saturated heterocycles. The van der Waals surface area contributed by atoms with E-state index in [1.165, 1.54) is 0 Å². The molecule has 19 heavy (non-hydrogen) atoms. The van der Waals surface area contributed by atoms with Crippen molar-refractivity contribution < 1.29 is 5.11 Å². The summed E-state index contributed by atoms with van der Waals surface area (Å²) in [5.74, 6) is 0. The maximum Gasteiger partial charge on any atom is 0.0878 e. The van der Waals surface area contributed by atoms with Crippen molar-refractivity contribution in [2.24, 2.45) is 7.05 Å². The molecule has 1 unspecified atom stereocenters. The zero-order chi connectivity index (χ0) is 14.2. The smallest absolute Gasteiger partial charge is 0.0878 e. The fraction of sp³-hybridized carbons (Fsp3) is 0.538. The SMILES string of the molecule is CCn1nc(C)c(Br)c1CC(O)c1cnn(C)c1C. The minimum Gasteiger partial charge on any atom is -0.388 e. The van der Waals surface area contributed by atoms with Gasteiger partial charge >= 0.3 is 0 Å². The van der Waals surface area contributed by atoms with Gasteiger partial charge in [0.1, 0.15) is 0 Å². The van der Waals surface area contributed by atoms with Crippen LogP contribution in [0.15, 0.2) is 10.7 Å². The Bertz CT molecular complexity index is 588. The van der Waals surface area contributed by atoms with Crippen LogP contribution in [0.3, 0.4) is 0 Å². The second-order valence-electron chi connectivity index (χ2n) is 4.69. The van der Waals surface area contributed by atoms with Crippen molar-refractivity contribution in [3.05, 3.63) is 33.3 Å². The molecule has 0 radical (unpaired) electrons. The fourth-order valence-corrected chi connectivity index (χ4v) is 2.65. The summed E-state index contributed by atoms with van der Waals surface area (Å²) >= 11 is 3.55. The Morgan fingerprint density at radius 1 is 1.42 bits per heavy atom. The molecular formula is C13H19BrN4O. The van der Waals surface area contributed by atoms with E-state index >= 15 is 0 Å². The van der Waals surface area contributed by atoms with Crippen molar-refractivity contribution in [3.8, 4) is 0 Å². The normalized spacial score (nSPS) is 12.9. The number of aliphatic hydroxyl groups is 1. The molecule has 104 valence electrons. The van der Waals surface area contributed by atoms with Gasteiger partial charge in [-0.3, -0.25) is 9.36 Å². The third-order valence-corrected chi connectivity index (χ3v) is 4.50. The summed E-state index contributed by atoms with van der Waals surface area (Å²) < 4.78 is 4.68. The molecular weight excluding hydrogens is 308 g/mol. The lowest BCUT2D eigenvalue weighted by molar-refractivity contribution is 0.174. The Hall–Kier alpha value is -1.14. The number of nitrogens with zero attached hydrogens (tertiary/aromatic N) is 4. The van der Waals surface area contributed by atoms with Crippen LogP contribution in [0.2, 0.25) is 0 Å². The summed E-state index contributed by atoms with van der Waals surface area (Å²) in [6.07, 6.45) is 1.70. The van der Waals surface area contributed by atoms with Gasteiger partial charge in [-0.2, -0.15) is 10.2 Å². The number of hydrogen-bond donors (Lipinski definition) is 1. The molecule has 0 aromatic carbocycles. The predicted octanol–water partition coefficient (Wildman–Crippen LogP) is 2.29. The minimum atomic E-state index is -0.564. The van der Waals surface area contributed by atoms with Crippen LogP contribution in [-0.2, 0) is 20.0 Å². The molecule has 0 aliphatic rings. The number of aliphatic hydroxyl groups excluding tert-OH is 1. The summed E-state index contributed by atoms with van der Waals surface area (Å²) in [6.45, 7) is 6.76. The van der Waals surface area contributed by atoms with E-state index in [4.69, 9.17) is 0 Å². The number of rotatable bonds is 4. The number of aryl methyl sites for hydroxylation is 3. The summed E-state index contributed by atoms with van der Waals surface area (Å²) in [4.78, 5) is 0. The Kier molecular flexibility index (Phi) is 4.10. The van der Waals surface area contributed by atoms with Crippen LogP contribution in [0, 0.1) is 13.8 Å². The van der Waals surface area contributed by atoms with Crippen molar-refractivity contribution in [1.29, 1.82) is 0 Å². The summed E-state index contributed by atoms with van der Waals surface area (Å²) in [5, 5.41) is 19.0. The second-order valence-corrected chi connectivity index (χ2v) is 5.48. The summed E-state index contributed by atoms with van der Waals surface area (Å²) in [7, 11) is 1.88. The largest absolute Gasteiger partial charge is 0.388 e. The first-order valence-corrected chi connectivity index (χ1v) is 7.13. The first kappa shape index (κ1) is 14.3. The molecule has 0 bridgehead atoms. The number of halogens is 1. The van der Waals surface area contributed by atoms with Gasteiger partial charge in [0.05, 0.1) is 28.2 Å². The maximum absolute atomic E-state index is 10.4.